The van der Waals surface area contributed by atoms with E-state index in [-0.39, 0.29) is 5.91 Å². The number of hydrogen-bond donors (Lipinski definition) is 1. The van der Waals surface area contributed by atoms with Crippen molar-refractivity contribution in [3.63, 3.8) is 0 Å². The van der Waals surface area contributed by atoms with Crippen molar-refractivity contribution in [1.29, 1.82) is 0 Å². The summed E-state index contributed by atoms with van der Waals surface area (Å²) in [7, 11) is 0. The number of piperazine rings is 1. The minimum absolute atomic E-state index is 0.0520. The Morgan fingerprint density at radius 3 is 2.36 bits per heavy atom. The Hall–Kier alpha value is -3.94. The van der Waals surface area contributed by atoms with Crippen LogP contribution in [0.15, 0.2) is 66.7 Å². The van der Waals surface area contributed by atoms with Gasteiger partial charge in [0, 0.05) is 50.4 Å². The van der Waals surface area contributed by atoms with Crippen LogP contribution < -0.4 is 15.1 Å². The van der Waals surface area contributed by atoms with Gasteiger partial charge in [-0.25, -0.2) is 0 Å². The molecule has 8 nitrogen and oxygen atoms in total. The van der Waals surface area contributed by atoms with Crippen molar-refractivity contribution >= 4 is 28.7 Å². The molecule has 0 bridgehead atoms. The minimum Gasteiger partial charge on any atom is -0.368 e. The molecule has 1 saturated heterocycles. The van der Waals surface area contributed by atoms with Crippen LogP contribution in [-0.4, -0.2) is 51.9 Å². The Bertz CT molecular complexity index is 1230. The molecule has 33 heavy (non-hydrogen) atoms. The zero-order valence-electron chi connectivity index (χ0n) is 18.7. The second kappa shape index (κ2) is 9.28. The first-order valence-corrected chi connectivity index (χ1v) is 11.3. The molecule has 8 heteroatoms. The van der Waals surface area contributed by atoms with Gasteiger partial charge in [-0.15, -0.1) is 15.3 Å². The van der Waals surface area contributed by atoms with Crippen molar-refractivity contribution in [2.75, 3.05) is 41.3 Å². The third-order valence-electron chi connectivity index (χ3n) is 5.95. The first-order chi connectivity index (χ1) is 16.2. The van der Waals surface area contributed by atoms with Gasteiger partial charge in [-0.05, 0) is 43.3 Å². The zero-order valence-corrected chi connectivity index (χ0v) is 18.7. The number of hydrogen-bond acceptors (Lipinski definition) is 6. The molecule has 3 heterocycles. The molecule has 0 spiro atoms. The third kappa shape index (κ3) is 4.79. The lowest BCUT2D eigenvalue weighted by atomic mass is 10.2. The van der Waals surface area contributed by atoms with E-state index in [1.807, 2.05) is 49.4 Å². The fraction of sp³-hybridized carbons (Fsp3) is 0.280. The lowest BCUT2D eigenvalue weighted by molar-refractivity contribution is -0.116. The SMILES string of the molecule is Cc1ccc(NC(=O)CCc2nnc3ccc(N4CCN(c5ccccc5)CC4)nn23)cc1. The summed E-state index contributed by atoms with van der Waals surface area (Å²) in [6.45, 7) is 5.69. The van der Waals surface area contributed by atoms with Crippen LogP contribution >= 0.6 is 0 Å². The van der Waals surface area contributed by atoms with Crippen molar-refractivity contribution in [1.82, 2.24) is 19.8 Å². The van der Waals surface area contributed by atoms with E-state index >= 15 is 0 Å². The highest BCUT2D eigenvalue weighted by Crippen LogP contribution is 2.19. The summed E-state index contributed by atoms with van der Waals surface area (Å²) >= 11 is 0. The van der Waals surface area contributed by atoms with Crippen LogP contribution in [-0.2, 0) is 11.2 Å². The number of anilines is 3. The van der Waals surface area contributed by atoms with Gasteiger partial charge in [0.15, 0.2) is 11.5 Å². The lowest BCUT2D eigenvalue weighted by Crippen LogP contribution is -2.47. The highest BCUT2D eigenvalue weighted by molar-refractivity contribution is 5.90. The van der Waals surface area contributed by atoms with E-state index in [1.54, 1.807) is 4.52 Å². The number of amides is 1. The van der Waals surface area contributed by atoms with Gasteiger partial charge in [0.05, 0.1) is 0 Å². The van der Waals surface area contributed by atoms with Gasteiger partial charge in [-0.2, -0.15) is 4.52 Å². The monoisotopic (exact) mass is 441 g/mol. The van der Waals surface area contributed by atoms with Gasteiger partial charge in [0.2, 0.25) is 5.91 Å². The Morgan fingerprint density at radius 2 is 1.61 bits per heavy atom. The quantitative estimate of drug-likeness (QED) is 0.495. The molecule has 5 rings (SSSR count). The number of rotatable bonds is 6. The number of fused-ring (bicyclic) bond motifs is 1. The van der Waals surface area contributed by atoms with Gasteiger partial charge in [-0.1, -0.05) is 35.9 Å². The predicted molar refractivity (Wildman–Crippen MR) is 130 cm³/mol. The van der Waals surface area contributed by atoms with E-state index in [0.717, 1.165) is 43.2 Å². The van der Waals surface area contributed by atoms with E-state index in [9.17, 15) is 4.79 Å². The first-order valence-electron chi connectivity index (χ1n) is 11.3. The molecular weight excluding hydrogens is 414 g/mol. The standard InChI is InChI=1S/C25H27N7O/c1-19-7-9-20(10-8-19)26-25(33)14-13-23-28-27-22-11-12-24(29-32(22)23)31-17-15-30(16-18-31)21-5-3-2-4-6-21/h2-12H,13-18H2,1H3,(H,26,33). The molecule has 1 fully saturated rings. The number of nitrogens with one attached hydrogen (secondary N) is 1. The van der Waals surface area contributed by atoms with E-state index in [1.165, 1.54) is 5.69 Å². The van der Waals surface area contributed by atoms with Gasteiger partial charge in [0.1, 0.15) is 5.82 Å². The molecule has 168 valence electrons. The Kier molecular flexibility index (Phi) is 5.89. The van der Waals surface area contributed by atoms with Crippen molar-refractivity contribution in [2.45, 2.75) is 19.8 Å². The molecular formula is C25H27N7O. The second-order valence-corrected chi connectivity index (χ2v) is 8.30. The summed E-state index contributed by atoms with van der Waals surface area (Å²) < 4.78 is 1.76. The molecule has 0 radical (unpaired) electrons. The van der Waals surface area contributed by atoms with Crippen molar-refractivity contribution in [3.8, 4) is 0 Å². The molecule has 1 aliphatic rings. The zero-order chi connectivity index (χ0) is 22.6. The van der Waals surface area contributed by atoms with E-state index in [2.05, 4.69) is 49.6 Å². The Labute approximate surface area is 192 Å². The van der Waals surface area contributed by atoms with Gasteiger partial charge < -0.3 is 15.1 Å². The first kappa shape index (κ1) is 20.9. The van der Waals surface area contributed by atoms with Crippen LogP contribution in [0.1, 0.15) is 17.8 Å². The predicted octanol–water partition coefficient (Wildman–Crippen LogP) is 3.33. The topological polar surface area (TPSA) is 78.7 Å². The minimum atomic E-state index is -0.0520. The molecule has 0 atom stereocenters. The summed E-state index contributed by atoms with van der Waals surface area (Å²) in [5.74, 6) is 1.54. The highest BCUT2D eigenvalue weighted by Gasteiger charge is 2.19. The molecule has 0 saturated carbocycles. The van der Waals surface area contributed by atoms with Crippen molar-refractivity contribution < 1.29 is 4.79 Å². The molecule has 2 aromatic carbocycles. The summed E-state index contributed by atoms with van der Waals surface area (Å²) in [4.78, 5) is 17.1. The van der Waals surface area contributed by atoms with Crippen molar-refractivity contribution in [3.05, 3.63) is 78.1 Å². The maximum absolute atomic E-state index is 12.4. The maximum atomic E-state index is 12.4. The maximum Gasteiger partial charge on any atom is 0.224 e. The number of aryl methyl sites for hydroxylation is 2. The smallest absolute Gasteiger partial charge is 0.224 e. The summed E-state index contributed by atoms with van der Waals surface area (Å²) in [6, 6.07) is 22.2. The van der Waals surface area contributed by atoms with Crippen LogP contribution in [0.4, 0.5) is 17.2 Å². The molecule has 1 N–H and O–H groups in total. The Balaban J connectivity index is 1.22. The molecule has 2 aromatic heterocycles. The summed E-state index contributed by atoms with van der Waals surface area (Å²) in [5.41, 5.74) is 3.90. The average molecular weight is 442 g/mol. The second-order valence-electron chi connectivity index (χ2n) is 8.30. The molecule has 0 unspecified atom stereocenters. The van der Waals surface area contributed by atoms with E-state index in [0.29, 0.717) is 24.3 Å². The fourth-order valence-electron chi connectivity index (χ4n) is 4.07. The molecule has 1 amide bonds. The Morgan fingerprint density at radius 1 is 0.879 bits per heavy atom. The number of nitrogens with zero attached hydrogens (tertiary/aromatic N) is 6. The normalized spacial score (nSPS) is 14.0. The largest absolute Gasteiger partial charge is 0.368 e. The van der Waals surface area contributed by atoms with Crippen LogP contribution in [0.25, 0.3) is 5.65 Å². The fourth-order valence-corrected chi connectivity index (χ4v) is 4.07. The number of benzene rings is 2. The average Bonchev–Trinajstić information content (AvgIpc) is 3.27. The molecule has 4 aromatic rings. The summed E-state index contributed by atoms with van der Waals surface area (Å²) in [6.07, 6.45) is 0.785. The van der Waals surface area contributed by atoms with Gasteiger partial charge in [0.25, 0.3) is 0 Å². The van der Waals surface area contributed by atoms with Gasteiger partial charge >= 0.3 is 0 Å². The highest BCUT2D eigenvalue weighted by atomic mass is 16.1. The lowest BCUT2D eigenvalue weighted by Gasteiger charge is -2.36. The number of carbonyl (C=O) groups excluding carboxylic acids is 1. The summed E-state index contributed by atoms with van der Waals surface area (Å²) in [5, 5.41) is 16.2. The number of para-hydroxylation sites is 1. The van der Waals surface area contributed by atoms with Crippen LogP contribution in [0.3, 0.4) is 0 Å². The van der Waals surface area contributed by atoms with Crippen LogP contribution in [0.5, 0.6) is 0 Å². The van der Waals surface area contributed by atoms with E-state index in [4.69, 9.17) is 5.10 Å². The number of aromatic nitrogens is 4. The van der Waals surface area contributed by atoms with E-state index < -0.39 is 0 Å². The van der Waals surface area contributed by atoms with Crippen LogP contribution in [0, 0.1) is 6.92 Å². The number of carbonyl (C=O) groups is 1. The van der Waals surface area contributed by atoms with Crippen LogP contribution in [0.2, 0.25) is 0 Å². The third-order valence-corrected chi connectivity index (χ3v) is 5.95. The van der Waals surface area contributed by atoms with Gasteiger partial charge in [-0.3, -0.25) is 4.79 Å². The van der Waals surface area contributed by atoms with Crippen molar-refractivity contribution in [2.24, 2.45) is 0 Å². The molecule has 1 aliphatic heterocycles. The molecule has 0 aliphatic carbocycles.